The monoisotopic (exact) mass is 288 g/mol. The zero-order chi connectivity index (χ0) is 10.1. The third kappa shape index (κ3) is 1.97. The van der Waals surface area contributed by atoms with Crippen LogP contribution >= 0.6 is 38.9 Å². The minimum absolute atomic E-state index is 0.470. The van der Waals surface area contributed by atoms with Crippen LogP contribution in [0.5, 0.6) is 0 Å². The van der Waals surface area contributed by atoms with Crippen molar-refractivity contribution < 1.29 is 0 Å². The van der Waals surface area contributed by atoms with Gasteiger partial charge in [-0.2, -0.15) is 0 Å². The predicted molar refractivity (Wildman–Crippen MR) is 62.8 cm³/mol. The van der Waals surface area contributed by atoms with E-state index in [2.05, 4.69) is 25.9 Å². The number of hydrogen-bond donors (Lipinski definition) is 0. The van der Waals surface area contributed by atoms with Crippen molar-refractivity contribution in [3.05, 3.63) is 32.8 Å². The lowest BCUT2D eigenvalue weighted by Crippen LogP contribution is -1.84. The highest BCUT2D eigenvalue weighted by atomic mass is 79.9. The molecular weight excluding hydrogens is 284 g/mol. The molecule has 2 aromatic rings. The highest BCUT2D eigenvalue weighted by Gasteiger charge is 2.07. The molecule has 14 heavy (non-hydrogen) atoms. The van der Waals surface area contributed by atoms with Crippen LogP contribution in [0.25, 0.3) is 10.7 Å². The molecule has 0 saturated carbocycles. The standard InChI is InChI=1S/C9H6BrClN2S/c1-5-6(10)4-7(14-5)9-12-3-2-8(11)13-9/h2-4H,1H3. The molecule has 2 rings (SSSR count). The number of aryl methyl sites for hydroxylation is 1. The van der Waals surface area contributed by atoms with Crippen LogP contribution < -0.4 is 0 Å². The molecule has 72 valence electrons. The molecule has 0 saturated heterocycles. The number of rotatable bonds is 1. The van der Waals surface area contributed by atoms with Crippen LogP contribution in [-0.2, 0) is 0 Å². The van der Waals surface area contributed by atoms with Gasteiger partial charge in [0.1, 0.15) is 5.15 Å². The molecule has 0 atom stereocenters. The minimum Gasteiger partial charge on any atom is -0.236 e. The lowest BCUT2D eigenvalue weighted by atomic mass is 10.4. The number of halogens is 2. The van der Waals surface area contributed by atoms with E-state index in [1.54, 1.807) is 23.6 Å². The summed E-state index contributed by atoms with van der Waals surface area (Å²) in [7, 11) is 0. The van der Waals surface area contributed by atoms with E-state index < -0.39 is 0 Å². The Morgan fingerprint density at radius 3 is 2.86 bits per heavy atom. The maximum absolute atomic E-state index is 5.78. The molecule has 0 unspecified atom stereocenters. The largest absolute Gasteiger partial charge is 0.236 e. The van der Waals surface area contributed by atoms with Gasteiger partial charge in [0.15, 0.2) is 5.82 Å². The van der Waals surface area contributed by atoms with Gasteiger partial charge in [-0.3, -0.25) is 0 Å². The van der Waals surface area contributed by atoms with Gasteiger partial charge in [0.05, 0.1) is 4.88 Å². The molecule has 0 aliphatic rings. The maximum atomic E-state index is 5.78. The average Bonchev–Trinajstić information content (AvgIpc) is 2.47. The van der Waals surface area contributed by atoms with E-state index in [1.165, 1.54) is 4.88 Å². The first-order valence-corrected chi connectivity index (χ1v) is 5.90. The first-order chi connectivity index (χ1) is 6.66. The van der Waals surface area contributed by atoms with E-state index >= 15 is 0 Å². The summed E-state index contributed by atoms with van der Waals surface area (Å²) in [5.41, 5.74) is 0. The first kappa shape index (κ1) is 10.1. The normalized spacial score (nSPS) is 10.5. The second-order valence-corrected chi connectivity index (χ2v) is 5.22. The summed E-state index contributed by atoms with van der Waals surface area (Å²) in [6.45, 7) is 2.04. The van der Waals surface area contributed by atoms with E-state index in [9.17, 15) is 0 Å². The van der Waals surface area contributed by atoms with E-state index in [0.29, 0.717) is 11.0 Å². The zero-order valence-electron chi connectivity index (χ0n) is 7.29. The fraction of sp³-hybridized carbons (Fsp3) is 0.111. The quantitative estimate of drug-likeness (QED) is 0.743. The van der Waals surface area contributed by atoms with E-state index in [1.807, 2.05) is 13.0 Å². The smallest absolute Gasteiger partial charge is 0.170 e. The Bertz CT molecular complexity index is 450. The van der Waals surface area contributed by atoms with Gasteiger partial charge in [-0.15, -0.1) is 11.3 Å². The van der Waals surface area contributed by atoms with E-state index in [4.69, 9.17) is 11.6 Å². The van der Waals surface area contributed by atoms with Crippen LogP contribution in [0.15, 0.2) is 22.8 Å². The molecule has 0 amide bonds. The molecule has 2 heterocycles. The van der Waals surface area contributed by atoms with Crippen molar-refractivity contribution in [2.24, 2.45) is 0 Å². The second kappa shape index (κ2) is 3.96. The third-order valence-corrected chi connectivity index (χ3v) is 4.04. The summed E-state index contributed by atoms with van der Waals surface area (Å²) in [5.74, 6) is 0.677. The molecule has 0 aliphatic heterocycles. The van der Waals surface area contributed by atoms with Crippen molar-refractivity contribution >= 4 is 38.9 Å². The van der Waals surface area contributed by atoms with Crippen molar-refractivity contribution in [3.8, 4) is 10.7 Å². The molecular formula is C9H6BrClN2S. The van der Waals surface area contributed by atoms with E-state index in [-0.39, 0.29) is 0 Å². The molecule has 2 nitrogen and oxygen atoms in total. The first-order valence-electron chi connectivity index (χ1n) is 3.91. The van der Waals surface area contributed by atoms with Gasteiger partial charge >= 0.3 is 0 Å². The SMILES string of the molecule is Cc1sc(-c2nccc(Cl)n2)cc1Br. The Morgan fingerprint density at radius 2 is 2.29 bits per heavy atom. The summed E-state index contributed by atoms with van der Waals surface area (Å²) in [6, 6.07) is 3.67. The number of nitrogens with zero attached hydrogens (tertiary/aromatic N) is 2. The molecule has 0 spiro atoms. The number of thiophene rings is 1. The summed E-state index contributed by atoms with van der Waals surface area (Å²) < 4.78 is 1.08. The fourth-order valence-electron chi connectivity index (χ4n) is 1.03. The van der Waals surface area contributed by atoms with Crippen molar-refractivity contribution in [3.63, 3.8) is 0 Å². The molecule has 0 aromatic carbocycles. The van der Waals surface area contributed by atoms with Gasteiger partial charge in [0.25, 0.3) is 0 Å². The molecule has 0 aliphatic carbocycles. The summed E-state index contributed by atoms with van der Waals surface area (Å²) in [4.78, 5) is 10.5. The number of aromatic nitrogens is 2. The van der Waals surface area contributed by atoms with Gasteiger partial charge in [-0.05, 0) is 35.0 Å². The van der Waals surface area contributed by atoms with Crippen molar-refractivity contribution in [2.75, 3.05) is 0 Å². The van der Waals surface area contributed by atoms with Crippen molar-refractivity contribution in [2.45, 2.75) is 6.92 Å². The van der Waals surface area contributed by atoms with Gasteiger partial charge < -0.3 is 0 Å². The Labute approximate surface area is 99.1 Å². The van der Waals surface area contributed by atoms with Gasteiger partial charge in [0.2, 0.25) is 0 Å². The molecule has 0 bridgehead atoms. The summed E-state index contributed by atoms with van der Waals surface area (Å²) in [6.07, 6.45) is 1.66. The average molecular weight is 290 g/mol. The van der Waals surface area contributed by atoms with Crippen LogP contribution in [0.1, 0.15) is 4.88 Å². The second-order valence-electron chi connectivity index (χ2n) is 2.72. The number of hydrogen-bond acceptors (Lipinski definition) is 3. The van der Waals surface area contributed by atoms with Crippen LogP contribution in [0.4, 0.5) is 0 Å². The van der Waals surface area contributed by atoms with E-state index in [0.717, 1.165) is 9.35 Å². The summed E-state index contributed by atoms with van der Waals surface area (Å²) >= 11 is 10.9. The molecule has 5 heteroatoms. The highest BCUT2D eigenvalue weighted by molar-refractivity contribution is 9.10. The van der Waals surface area contributed by atoms with Gasteiger partial charge in [0, 0.05) is 15.5 Å². The van der Waals surface area contributed by atoms with Crippen LogP contribution in [0.3, 0.4) is 0 Å². The lowest BCUT2D eigenvalue weighted by Gasteiger charge is -1.94. The lowest BCUT2D eigenvalue weighted by molar-refractivity contribution is 1.19. The molecule has 0 fully saturated rings. The zero-order valence-corrected chi connectivity index (χ0v) is 10.4. The predicted octanol–water partition coefficient (Wildman–Crippen LogP) is 3.93. The van der Waals surface area contributed by atoms with Crippen molar-refractivity contribution in [1.29, 1.82) is 0 Å². The van der Waals surface area contributed by atoms with Crippen LogP contribution in [0.2, 0.25) is 5.15 Å². The fourth-order valence-corrected chi connectivity index (χ4v) is 2.64. The molecule has 2 aromatic heterocycles. The highest BCUT2D eigenvalue weighted by Crippen LogP contribution is 2.32. The third-order valence-electron chi connectivity index (χ3n) is 1.70. The van der Waals surface area contributed by atoms with Gasteiger partial charge in [-0.25, -0.2) is 9.97 Å². The Morgan fingerprint density at radius 1 is 1.50 bits per heavy atom. The van der Waals surface area contributed by atoms with Crippen LogP contribution in [0, 0.1) is 6.92 Å². The Kier molecular flexibility index (Phi) is 2.85. The van der Waals surface area contributed by atoms with Crippen molar-refractivity contribution in [1.82, 2.24) is 9.97 Å². The Hall–Kier alpha value is -0.450. The maximum Gasteiger partial charge on any atom is 0.170 e. The minimum atomic E-state index is 0.470. The topological polar surface area (TPSA) is 25.8 Å². The molecule has 0 radical (unpaired) electrons. The van der Waals surface area contributed by atoms with Gasteiger partial charge in [-0.1, -0.05) is 11.6 Å². The summed E-state index contributed by atoms with van der Waals surface area (Å²) in [5, 5.41) is 0.470. The van der Waals surface area contributed by atoms with Crippen LogP contribution in [-0.4, -0.2) is 9.97 Å². The Balaban J connectivity index is 2.49. The molecule has 0 N–H and O–H groups in total.